The monoisotopic (exact) mass is 580 g/mol. The number of benzene rings is 2. The minimum absolute atomic E-state index is 0.0391. The second-order valence-electron chi connectivity index (χ2n) is 10.9. The van der Waals surface area contributed by atoms with Crippen LogP contribution in [0.3, 0.4) is 0 Å². The van der Waals surface area contributed by atoms with E-state index in [1.54, 1.807) is 60.7 Å². The van der Waals surface area contributed by atoms with Crippen molar-refractivity contribution in [3.05, 3.63) is 83.9 Å². The van der Waals surface area contributed by atoms with Gasteiger partial charge < -0.3 is 20.1 Å². The van der Waals surface area contributed by atoms with E-state index in [-0.39, 0.29) is 23.7 Å². The zero-order chi connectivity index (χ0) is 30.6. The topological polar surface area (TPSA) is 121 Å². The summed E-state index contributed by atoms with van der Waals surface area (Å²) in [6.07, 6.45) is 12.3. The summed E-state index contributed by atoms with van der Waals surface area (Å²) in [5.74, 6) is -2.30. The van der Waals surface area contributed by atoms with Crippen molar-refractivity contribution >= 4 is 17.5 Å². The number of aliphatic hydroxyl groups is 3. The van der Waals surface area contributed by atoms with Gasteiger partial charge in [0.25, 0.3) is 0 Å². The molecular formula is C35H48O7. The molecule has 2 aromatic rings. The predicted molar refractivity (Wildman–Crippen MR) is 164 cm³/mol. The van der Waals surface area contributed by atoms with Crippen LogP contribution < -0.4 is 0 Å². The van der Waals surface area contributed by atoms with Gasteiger partial charge in [0.1, 0.15) is 12.7 Å². The number of allylic oxidation sites excluding steroid dienone is 1. The van der Waals surface area contributed by atoms with Gasteiger partial charge in [-0.25, -0.2) is 0 Å². The Balaban J connectivity index is 2.08. The van der Waals surface area contributed by atoms with E-state index in [1.165, 1.54) is 12.8 Å². The molecule has 0 aromatic heterocycles. The molecule has 0 saturated carbocycles. The molecule has 3 N–H and O–H groups in total. The third-order valence-electron chi connectivity index (χ3n) is 7.45. The number of rotatable bonds is 22. The maximum Gasteiger partial charge on any atom is 0.328 e. The first-order chi connectivity index (χ1) is 20.4. The van der Waals surface area contributed by atoms with E-state index in [4.69, 9.17) is 4.74 Å². The fourth-order valence-electron chi connectivity index (χ4n) is 4.94. The third kappa shape index (κ3) is 11.3. The highest BCUT2D eigenvalue weighted by atomic mass is 16.5. The molecule has 230 valence electrons. The SMILES string of the molecule is CCCCCC[C@@H](O)CC=CCCCCCCC(C(=O)OCC(O)CO)(C(=O)c1ccccc1)C(=O)c1ccccc1. The van der Waals surface area contributed by atoms with Gasteiger partial charge in [-0.1, -0.05) is 125 Å². The molecule has 0 aliphatic rings. The van der Waals surface area contributed by atoms with Crippen molar-refractivity contribution in [2.45, 2.75) is 96.2 Å². The lowest BCUT2D eigenvalue weighted by molar-refractivity contribution is -0.154. The largest absolute Gasteiger partial charge is 0.462 e. The number of ether oxygens (including phenoxy) is 1. The number of Topliss-reactive ketones (excluding diaryl/α,β-unsaturated/α-hetero) is 2. The van der Waals surface area contributed by atoms with Gasteiger partial charge in [0.2, 0.25) is 0 Å². The van der Waals surface area contributed by atoms with E-state index in [0.29, 0.717) is 19.3 Å². The Kier molecular flexibility index (Phi) is 16.6. The molecule has 0 amide bonds. The van der Waals surface area contributed by atoms with E-state index in [1.807, 2.05) is 6.08 Å². The van der Waals surface area contributed by atoms with Crippen LogP contribution in [0.25, 0.3) is 0 Å². The van der Waals surface area contributed by atoms with Crippen LogP contribution in [0, 0.1) is 5.41 Å². The lowest BCUT2D eigenvalue weighted by Crippen LogP contribution is -2.48. The number of hydrogen-bond donors (Lipinski definition) is 3. The maximum atomic E-state index is 14.0. The van der Waals surface area contributed by atoms with Gasteiger partial charge in [0.05, 0.1) is 12.7 Å². The summed E-state index contributed by atoms with van der Waals surface area (Å²) in [6.45, 7) is 1.03. The highest BCUT2D eigenvalue weighted by Gasteiger charge is 2.53. The van der Waals surface area contributed by atoms with Crippen LogP contribution in [0.1, 0.15) is 105 Å². The molecule has 2 atom stereocenters. The van der Waals surface area contributed by atoms with Gasteiger partial charge >= 0.3 is 5.97 Å². The zero-order valence-corrected chi connectivity index (χ0v) is 25.0. The van der Waals surface area contributed by atoms with E-state index < -0.39 is 42.3 Å². The highest BCUT2D eigenvalue weighted by Crippen LogP contribution is 2.36. The average molecular weight is 581 g/mol. The molecule has 2 rings (SSSR count). The Bertz CT molecular complexity index is 1030. The summed E-state index contributed by atoms with van der Waals surface area (Å²) < 4.78 is 5.30. The molecule has 7 nitrogen and oxygen atoms in total. The number of unbranched alkanes of at least 4 members (excludes halogenated alkanes) is 7. The number of hydrogen-bond acceptors (Lipinski definition) is 7. The number of aliphatic hydroxyl groups excluding tert-OH is 3. The summed E-state index contributed by atoms with van der Waals surface area (Å²) in [7, 11) is 0. The predicted octanol–water partition coefficient (Wildman–Crippen LogP) is 6.25. The van der Waals surface area contributed by atoms with Crippen LogP contribution in [0.2, 0.25) is 0 Å². The van der Waals surface area contributed by atoms with Crippen LogP contribution in [-0.4, -0.2) is 58.3 Å². The Morgan fingerprint density at radius 2 is 1.33 bits per heavy atom. The second kappa shape index (κ2) is 19.9. The summed E-state index contributed by atoms with van der Waals surface area (Å²) in [6, 6.07) is 16.5. The first-order valence-corrected chi connectivity index (χ1v) is 15.4. The van der Waals surface area contributed by atoms with Crippen LogP contribution in [0.15, 0.2) is 72.8 Å². The Morgan fingerprint density at radius 3 is 1.90 bits per heavy atom. The lowest BCUT2D eigenvalue weighted by atomic mass is 9.70. The van der Waals surface area contributed by atoms with Crippen molar-refractivity contribution in [2.24, 2.45) is 5.41 Å². The van der Waals surface area contributed by atoms with Gasteiger partial charge in [-0.2, -0.15) is 0 Å². The molecular weight excluding hydrogens is 532 g/mol. The number of carbonyl (C=O) groups is 3. The van der Waals surface area contributed by atoms with Gasteiger partial charge in [-0.05, 0) is 32.1 Å². The molecule has 0 aliphatic carbocycles. The lowest BCUT2D eigenvalue weighted by Gasteiger charge is -2.29. The van der Waals surface area contributed by atoms with Crippen LogP contribution in [0.4, 0.5) is 0 Å². The average Bonchev–Trinajstić information content (AvgIpc) is 3.03. The molecule has 0 saturated heterocycles. The Morgan fingerprint density at radius 1 is 0.762 bits per heavy atom. The molecule has 0 aliphatic heterocycles. The van der Waals surface area contributed by atoms with Crippen LogP contribution in [0.5, 0.6) is 0 Å². The van der Waals surface area contributed by atoms with Gasteiger partial charge in [0.15, 0.2) is 17.0 Å². The van der Waals surface area contributed by atoms with E-state index in [2.05, 4.69) is 13.0 Å². The molecule has 2 aromatic carbocycles. The maximum absolute atomic E-state index is 14.0. The van der Waals surface area contributed by atoms with E-state index in [9.17, 15) is 29.7 Å². The van der Waals surface area contributed by atoms with E-state index >= 15 is 0 Å². The first-order valence-electron chi connectivity index (χ1n) is 15.4. The molecule has 1 unspecified atom stereocenters. The number of esters is 1. The highest BCUT2D eigenvalue weighted by molar-refractivity contribution is 6.31. The van der Waals surface area contributed by atoms with Gasteiger partial charge in [-0.15, -0.1) is 0 Å². The van der Waals surface area contributed by atoms with Crippen molar-refractivity contribution in [1.82, 2.24) is 0 Å². The number of ketones is 2. The van der Waals surface area contributed by atoms with Crippen molar-refractivity contribution in [2.75, 3.05) is 13.2 Å². The molecule has 0 fully saturated rings. The van der Waals surface area contributed by atoms with Crippen LogP contribution >= 0.6 is 0 Å². The molecule has 0 heterocycles. The van der Waals surface area contributed by atoms with Gasteiger partial charge in [0, 0.05) is 11.1 Å². The summed E-state index contributed by atoms with van der Waals surface area (Å²) in [5.41, 5.74) is -1.68. The van der Waals surface area contributed by atoms with Crippen molar-refractivity contribution in [3.63, 3.8) is 0 Å². The van der Waals surface area contributed by atoms with Crippen molar-refractivity contribution < 1.29 is 34.4 Å². The minimum Gasteiger partial charge on any atom is -0.462 e. The van der Waals surface area contributed by atoms with Crippen molar-refractivity contribution in [3.8, 4) is 0 Å². The molecule has 0 spiro atoms. The third-order valence-corrected chi connectivity index (χ3v) is 7.45. The van der Waals surface area contributed by atoms with Crippen molar-refractivity contribution in [1.29, 1.82) is 0 Å². The Labute approximate surface area is 250 Å². The minimum atomic E-state index is -2.12. The standard InChI is InChI=1S/C35H48O7/c1-2-3-4-16-23-30(37)24-17-8-6-5-7-9-18-25-35(34(41)42-27-31(38)26-36,32(39)28-19-12-10-13-20-28)33(40)29-21-14-11-15-22-29/h8,10-15,17,19-22,30-31,36-38H,2-7,9,16,18,23-27H2,1H3/t30-,31?/m1/s1. The molecule has 0 radical (unpaired) electrons. The van der Waals surface area contributed by atoms with Crippen LogP contribution in [-0.2, 0) is 9.53 Å². The fraction of sp³-hybridized carbons (Fsp3) is 0.514. The summed E-state index contributed by atoms with van der Waals surface area (Å²) in [5, 5.41) is 29.1. The smallest absolute Gasteiger partial charge is 0.328 e. The van der Waals surface area contributed by atoms with Gasteiger partial charge in [-0.3, -0.25) is 14.4 Å². The second-order valence-corrected chi connectivity index (χ2v) is 10.9. The van der Waals surface area contributed by atoms with E-state index in [0.717, 1.165) is 38.5 Å². The normalized spacial score (nSPS) is 13.1. The summed E-state index contributed by atoms with van der Waals surface area (Å²) >= 11 is 0. The summed E-state index contributed by atoms with van der Waals surface area (Å²) in [4.78, 5) is 41.6. The first kappa shape index (κ1) is 35.1. The Hall–Kier alpha value is -3.13. The molecule has 42 heavy (non-hydrogen) atoms. The number of carbonyl (C=O) groups excluding carboxylic acids is 3. The molecule has 0 bridgehead atoms. The zero-order valence-electron chi connectivity index (χ0n) is 25.0. The molecule has 7 heteroatoms. The quantitative estimate of drug-likeness (QED) is 0.0495. The fourth-order valence-corrected chi connectivity index (χ4v) is 4.94.